The molecule has 1 aliphatic heterocycles. The predicted molar refractivity (Wildman–Crippen MR) is 102 cm³/mol. The van der Waals surface area contributed by atoms with Gasteiger partial charge in [-0.1, -0.05) is 13.3 Å². The molecule has 0 bridgehead atoms. The molecule has 0 saturated carbocycles. The van der Waals surface area contributed by atoms with Gasteiger partial charge in [0.2, 0.25) is 10.0 Å². The molecular formula is C17H24N6O2S. The summed E-state index contributed by atoms with van der Waals surface area (Å²) in [6.07, 6.45) is 5.02. The first kappa shape index (κ1) is 18.5. The van der Waals surface area contributed by atoms with Crippen molar-refractivity contribution in [3.8, 4) is 0 Å². The minimum Gasteiger partial charge on any atom is -0.352 e. The summed E-state index contributed by atoms with van der Waals surface area (Å²) in [6.45, 7) is 4.22. The van der Waals surface area contributed by atoms with Gasteiger partial charge in [-0.15, -0.1) is 10.2 Å². The Morgan fingerprint density at radius 1 is 1.12 bits per heavy atom. The first-order valence-corrected chi connectivity index (χ1v) is 10.4. The molecule has 8 nitrogen and oxygen atoms in total. The van der Waals surface area contributed by atoms with E-state index in [1.807, 2.05) is 31.2 Å². The van der Waals surface area contributed by atoms with Crippen molar-refractivity contribution in [2.24, 2.45) is 0 Å². The second-order valence-electron chi connectivity index (χ2n) is 6.20. The highest BCUT2D eigenvalue weighted by molar-refractivity contribution is 7.89. The molecule has 1 aliphatic rings. The van der Waals surface area contributed by atoms with Gasteiger partial charge in [-0.2, -0.15) is 4.31 Å². The van der Waals surface area contributed by atoms with Crippen LogP contribution in [0.25, 0.3) is 0 Å². The van der Waals surface area contributed by atoms with Crippen LogP contribution >= 0.6 is 0 Å². The summed E-state index contributed by atoms with van der Waals surface area (Å²) in [6, 6.07) is 7.51. The zero-order valence-corrected chi connectivity index (χ0v) is 15.7. The molecule has 0 amide bonds. The third-order valence-electron chi connectivity index (χ3n) is 4.30. The fourth-order valence-electron chi connectivity index (χ4n) is 2.80. The average Bonchev–Trinajstić information content (AvgIpc) is 2.68. The number of piperazine rings is 1. The number of hydrogen-bond donors (Lipinski definition) is 1. The first-order valence-electron chi connectivity index (χ1n) is 8.82. The maximum absolute atomic E-state index is 12.3. The van der Waals surface area contributed by atoms with E-state index in [0.717, 1.165) is 17.9 Å². The molecule has 0 spiro atoms. The van der Waals surface area contributed by atoms with Crippen molar-refractivity contribution in [3.63, 3.8) is 0 Å². The Labute approximate surface area is 154 Å². The van der Waals surface area contributed by atoms with Crippen molar-refractivity contribution in [1.82, 2.24) is 19.5 Å². The average molecular weight is 376 g/mol. The number of sulfonamides is 1. The van der Waals surface area contributed by atoms with E-state index in [4.69, 9.17) is 0 Å². The summed E-state index contributed by atoms with van der Waals surface area (Å²) in [5, 5.41) is 11.6. The Morgan fingerprint density at radius 3 is 2.54 bits per heavy atom. The van der Waals surface area contributed by atoms with Crippen molar-refractivity contribution < 1.29 is 8.42 Å². The quantitative estimate of drug-likeness (QED) is 0.789. The molecule has 0 aromatic carbocycles. The van der Waals surface area contributed by atoms with Crippen LogP contribution in [0.4, 0.5) is 17.3 Å². The van der Waals surface area contributed by atoms with Crippen LogP contribution in [0.1, 0.15) is 19.8 Å². The van der Waals surface area contributed by atoms with Crippen LogP contribution in [-0.2, 0) is 10.0 Å². The lowest BCUT2D eigenvalue weighted by molar-refractivity contribution is 0.383. The van der Waals surface area contributed by atoms with Gasteiger partial charge in [0.05, 0.1) is 17.6 Å². The fourth-order valence-corrected chi connectivity index (χ4v) is 4.43. The van der Waals surface area contributed by atoms with Gasteiger partial charge in [0.1, 0.15) is 0 Å². The van der Waals surface area contributed by atoms with E-state index < -0.39 is 10.0 Å². The third-order valence-corrected chi connectivity index (χ3v) is 6.25. The Bertz CT molecular complexity index is 790. The molecule has 1 fully saturated rings. The first-order chi connectivity index (χ1) is 12.6. The zero-order valence-electron chi connectivity index (χ0n) is 14.9. The Balaban J connectivity index is 1.56. The van der Waals surface area contributed by atoms with Crippen LogP contribution in [-0.4, -0.2) is 59.8 Å². The van der Waals surface area contributed by atoms with Gasteiger partial charge < -0.3 is 10.2 Å². The lowest BCUT2D eigenvalue weighted by atomic mass is 10.3. The van der Waals surface area contributed by atoms with Crippen LogP contribution in [0.5, 0.6) is 0 Å². The molecule has 140 valence electrons. The lowest BCUT2D eigenvalue weighted by Crippen LogP contribution is -2.49. The normalized spacial score (nSPS) is 15.8. The van der Waals surface area contributed by atoms with E-state index in [0.29, 0.717) is 38.4 Å². The molecule has 0 aliphatic carbocycles. The van der Waals surface area contributed by atoms with Crippen LogP contribution in [0.2, 0.25) is 0 Å². The number of unbranched alkanes of at least 4 members (excludes halogenated alkanes) is 1. The summed E-state index contributed by atoms with van der Waals surface area (Å²) < 4.78 is 26.1. The summed E-state index contributed by atoms with van der Waals surface area (Å²) in [4.78, 5) is 6.11. The molecular weight excluding hydrogens is 352 g/mol. The maximum Gasteiger partial charge on any atom is 0.214 e. The summed E-state index contributed by atoms with van der Waals surface area (Å²) in [5.74, 6) is 1.63. The predicted octanol–water partition coefficient (Wildman–Crippen LogP) is 1.87. The molecule has 2 aromatic heterocycles. The molecule has 9 heteroatoms. The fraction of sp³-hybridized carbons (Fsp3) is 0.471. The summed E-state index contributed by atoms with van der Waals surface area (Å²) in [7, 11) is -3.14. The van der Waals surface area contributed by atoms with Gasteiger partial charge in [0.15, 0.2) is 11.6 Å². The van der Waals surface area contributed by atoms with Gasteiger partial charge in [-0.05, 0) is 30.7 Å². The monoisotopic (exact) mass is 376 g/mol. The molecule has 2 aromatic rings. The Morgan fingerprint density at radius 2 is 1.92 bits per heavy atom. The van der Waals surface area contributed by atoms with Crippen molar-refractivity contribution in [2.75, 3.05) is 42.1 Å². The van der Waals surface area contributed by atoms with Gasteiger partial charge >= 0.3 is 0 Å². The van der Waals surface area contributed by atoms with Crippen molar-refractivity contribution in [2.45, 2.75) is 19.8 Å². The summed E-state index contributed by atoms with van der Waals surface area (Å²) in [5.41, 5.74) is 0.848. The second-order valence-corrected chi connectivity index (χ2v) is 8.29. The van der Waals surface area contributed by atoms with E-state index in [-0.39, 0.29) is 5.75 Å². The summed E-state index contributed by atoms with van der Waals surface area (Å²) >= 11 is 0. The lowest BCUT2D eigenvalue weighted by Gasteiger charge is -2.34. The highest BCUT2D eigenvalue weighted by Crippen LogP contribution is 2.18. The van der Waals surface area contributed by atoms with E-state index in [1.54, 1.807) is 16.7 Å². The van der Waals surface area contributed by atoms with Crippen LogP contribution in [0.15, 0.2) is 36.7 Å². The SMILES string of the molecule is CCCCS(=O)(=O)N1CCN(c2ccc(Nc3cccnc3)nn2)CC1. The van der Waals surface area contributed by atoms with E-state index in [2.05, 4.69) is 25.4 Å². The van der Waals surface area contributed by atoms with Gasteiger partial charge in [-0.3, -0.25) is 4.98 Å². The van der Waals surface area contributed by atoms with Crippen LogP contribution in [0.3, 0.4) is 0 Å². The van der Waals surface area contributed by atoms with Gasteiger partial charge in [0, 0.05) is 32.4 Å². The highest BCUT2D eigenvalue weighted by atomic mass is 32.2. The largest absolute Gasteiger partial charge is 0.352 e. The zero-order chi connectivity index (χ0) is 18.4. The molecule has 0 atom stereocenters. The van der Waals surface area contributed by atoms with Crippen molar-refractivity contribution in [1.29, 1.82) is 0 Å². The highest BCUT2D eigenvalue weighted by Gasteiger charge is 2.26. The smallest absolute Gasteiger partial charge is 0.214 e. The number of anilines is 3. The molecule has 3 heterocycles. The van der Waals surface area contributed by atoms with E-state index >= 15 is 0 Å². The second kappa shape index (κ2) is 8.41. The molecule has 1 saturated heterocycles. The maximum atomic E-state index is 12.3. The van der Waals surface area contributed by atoms with Crippen LogP contribution in [0, 0.1) is 0 Å². The van der Waals surface area contributed by atoms with Crippen molar-refractivity contribution >= 4 is 27.3 Å². The molecule has 0 unspecified atom stereocenters. The Hall–Kier alpha value is -2.26. The Kier molecular flexibility index (Phi) is 6.00. The number of nitrogens with zero attached hydrogens (tertiary/aromatic N) is 5. The standard InChI is InChI=1S/C17H24N6O2S/c1-2-3-13-26(24,25)23-11-9-22(10-12-23)17-7-6-16(20-21-17)19-15-5-4-8-18-14-15/h4-8,14H,2-3,9-13H2,1H3,(H,19,20). The molecule has 26 heavy (non-hydrogen) atoms. The van der Waals surface area contributed by atoms with Gasteiger partial charge in [-0.25, -0.2) is 8.42 Å². The van der Waals surface area contributed by atoms with Gasteiger partial charge in [0.25, 0.3) is 0 Å². The van der Waals surface area contributed by atoms with E-state index in [1.165, 1.54) is 0 Å². The molecule has 0 radical (unpaired) electrons. The topological polar surface area (TPSA) is 91.3 Å². The number of rotatable bonds is 7. The van der Waals surface area contributed by atoms with E-state index in [9.17, 15) is 8.42 Å². The minimum atomic E-state index is -3.14. The molecule has 3 rings (SSSR count). The number of nitrogens with one attached hydrogen (secondary N) is 1. The van der Waals surface area contributed by atoms with Crippen molar-refractivity contribution in [3.05, 3.63) is 36.7 Å². The number of hydrogen-bond acceptors (Lipinski definition) is 7. The molecule has 1 N–H and O–H groups in total. The number of pyridine rings is 1. The van der Waals surface area contributed by atoms with Crippen LogP contribution < -0.4 is 10.2 Å². The minimum absolute atomic E-state index is 0.234. The third kappa shape index (κ3) is 4.67. The number of aromatic nitrogens is 3.